The minimum Gasteiger partial charge on any atom is -0.356 e. The molecule has 1 aromatic heterocycles. The lowest BCUT2D eigenvalue weighted by Crippen LogP contribution is -2.42. The van der Waals surface area contributed by atoms with E-state index in [0.29, 0.717) is 6.04 Å². The van der Waals surface area contributed by atoms with Gasteiger partial charge >= 0.3 is 0 Å². The zero-order valence-corrected chi connectivity index (χ0v) is 16.7. The molecule has 4 rings (SSSR count). The topological polar surface area (TPSA) is 44.3 Å². The number of rotatable bonds is 4. The Kier molecular flexibility index (Phi) is 6.54. The number of hydrogen-bond acceptors (Lipinski definition) is 6. The Labute approximate surface area is 162 Å². The average molecular weight is 376 g/mol. The number of anilines is 2. The minimum absolute atomic E-state index is 0.475. The van der Waals surface area contributed by atoms with Crippen molar-refractivity contribution in [3.63, 3.8) is 0 Å². The molecule has 1 aromatic rings. The summed E-state index contributed by atoms with van der Waals surface area (Å²) in [7, 11) is 0. The molecule has 3 saturated heterocycles. The molecule has 0 spiro atoms. The van der Waals surface area contributed by atoms with Gasteiger partial charge in [0.1, 0.15) is 5.82 Å². The molecule has 5 nitrogen and oxygen atoms in total. The highest BCUT2D eigenvalue weighted by atomic mass is 32.2. The van der Waals surface area contributed by atoms with Crippen LogP contribution < -0.4 is 10.2 Å². The molecule has 4 heterocycles. The molecule has 3 fully saturated rings. The molecule has 6 heteroatoms. The lowest BCUT2D eigenvalue weighted by Gasteiger charge is -2.30. The van der Waals surface area contributed by atoms with Crippen molar-refractivity contribution >= 4 is 23.5 Å². The standard InChI is InChI=1S/C20H33N5S/c1-2-5-12-24(11-4-1)19-8-10-21-20(23-19)22-17-7-3-6-13-25(15-17)18-9-14-26-16-18/h8,10,17-18H,1-7,9,11-16H2,(H,21,22,23). The monoisotopic (exact) mass is 375 g/mol. The van der Waals surface area contributed by atoms with E-state index in [2.05, 4.69) is 37.9 Å². The van der Waals surface area contributed by atoms with Gasteiger partial charge in [-0.25, -0.2) is 4.98 Å². The Hall–Kier alpha value is -1.01. The van der Waals surface area contributed by atoms with Crippen LogP contribution in [0.15, 0.2) is 12.3 Å². The summed E-state index contributed by atoms with van der Waals surface area (Å²) in [6.07, 6.45) is 12.4. The van der Waals surface area contributed by atoms with Crippen molar-refractivity contribution in [3.8, 4) is 0 Å². The van der Waals surface area contributed by atoms with E-state index in [4.69, 9.17) is 4.98 Å². The van der Waals surface area contributed by atoms with Crippen LogP contribution >= 0.6 is 11.8 Å². The van der Waals surface area contributed by atoms with Crippen LogP contribution in [0.5, 0.6) is 0 Å². The molecule has 0 bridgehead atoms. The maximum Gasteiger partial charge on any atom is 0.224 e. The third-order valence-corrected chi connectivity index (χ3v) is 7.17. The van der Waals surface area contributed by atoms with Crippen LogP contribution in [0.2, 0.25) is 0 Å². The molecule has 0 amide bonds. The first kappa shape index (κ1) is 18.4. The molecule has 0 aliphatic carbocycles. The molecule has 0 aromatic carbocycles. The Balaban J connectivity index is 1.39. The average Bonchev–Trinajstić information content (AvgIpc) is 2.92. The number of aromatic nitrogens is 2. The molecular weight excluding hydrogens is 342 g/mol. The summed E-state index contributed by atoms with van der Waals surface area (Å²) < 4.78 is 0. The number of thioether (sulfide) groups is 1. The van der Waals surface area contributed by atoms with Crippen LogP contribution in [-0.4, -0.2) is 64.6 Å². The summed E-state index contributed by atoms with van der Waals surface area (Å²) in [5, 5.41) is 3.67. The van der Waals surface area contributed by atoms with Gasteiger partial charge in [-0.05, 0) is 50.5 Å². The summed E-state index contributed by atoms with van der Waals surface area (Å²) in [5.74, 6) is 4.56. The lowest BCUT2D eigenvalue weighted by atomic mass is 10.1. The molecule has 144 valence electrons. The highest BCUT2D eigenvalue weighted by molar-refractivity contribution is 7.99. The highest BCUT2D eigenvalue weighted by Gasteiger charge is 2.27. The second-order valence-electron chi connectivity index (χ2n) is 7.99. The van der Waals surface area contributed by atoms with Crippen LogP contribution in [0.4, 0.5) is 11.8 Å². The maximum absolute atomic E-state index is 4.87. The summed E-state index contributed by atoms with van der Waals surface area (Å²) in [4.78, 5) is 14.6. The second-order valence-corrected chi connectivity index (χ2v) is 9.14. The molecule has 3 aliphatic heterocycles. The maximum atomic E-state index is 4.87. The Morgan fingerprint density at radius 3 is 2.65 bits per heavy atom. The second kappa shape index (κ2) is 9.27. The quantitative estimate of drug-likeness (QED) is 0.867. The largest absolute Gasteiger partial charge is 0.356 e. The van der Waals surface area contributed by atoms with Crippen LogP contribution in [0.1, 0.15) is 51.4 Å². The van der Waals surface area contributed by atoms with Gasteiger partial charge in [0.05, 0.1) is 0 Å². The zero-order chi connectivity index (χ0) is 17.6. The van der Waals surface area contributed by atoms with Crippen LogP contribution in [0, 0.1) is 0 Å². The van der Waals surface area contributed by atoms with Crippen molar-refractivity contribution in [2.24, 2.45) is 0 Å². The SMILES string of the molecule is c1cc(N2CCCCCC2)nc(NC2CCCCN(C3CCSC3)C2)n1. The predicted molar refractivity (Wildman–Crippen MR) is 111 cm³/mol. The molecule has 2 unspecified atom stereocenters. The van der Waals surface area contributed by atoms with Crippen molar-refractivity contribution < 1.29 is 0 Å². The van der Waals surface area contributed by atoms with Gasteiger partial charge in [0, 0.05) is 43.7 Å². The van der Waals surface area contributed by atoms with E-state index >= 15 is 0 Å². The molecule has 0 saturated carbocycles. The number of nitrogens with one attached hydrogen (secondary N) is 1. The molecule has 0 radical (unpaired) electrons. The fraction of sp³-hybridized carbons (Fsp3) is 0.800. The highest BCUT2D eigenvalue weighted by Crippen LogP contribution is 2.26. The summed E-state index contributed by atoms with van der Waals surface area (Å²) in [6, 6.07) is 3.33. The van der Waals surface area contributed by atoms with Crippen molar-refractivity contribution in [1.82, 2.24) is 14.9 Å². The van der Waals surface area contributed by atoms with E-state index < -0.39 is 0 Å². The Morgan fingerprint density at radius 2 is 1.85 bits per heavy atom. The van der Waals surface area contributed by atoms with Gasteiger partial charge in [-0.2, -0.15) is 16.7 Å². The molecule has 3 aliphatic rings. The van der Waals surface area contributed by atoms with Crippen molar-refractivity contribution in [1.29, 1.82) is 0 Å². The van der Waals surface area contributed by atoms with E-state index in [1.165, 1.54) is 69.4 Å². The summed E-state index contributed by atoms with van der Waals surface area (Å²) in [6.45, 7) is 4.67. The fourth-order valence-corrected chi connectivity index (χ4v) is 5.76. The molecule has 2 atom stereocenters. The van der Waals surface area contributed by atoms with E-state index in [-0.39, 0.29) is 0 Å². The van der Waals surface area contributed by atoms with Crippen LogP contribution in [0.25, 0.3) is 0 Å². The van der Waals surface area contributed by atoms with E-state index in [9.17, 15) is 0 Å². The van der Waals surface area contributed by atoms with Gasteiger partial charge in [-0.15, -0.1) is 0 Å². The van der Waals surface area contributed by atoms with E-state index in [1.54, 1.807) is 0 Å². The first-order chi connectivity index (χ1) is 12.9. The smallest absolute Gasteiger partial charge is 0.224 e. The summed E-state index contributed by atoms with van der Waals surface area (Å²) >= 11 is 2.12. The van der Waals surface area contributed by atoms with Gasteiger partial charge < -0.3 is 10.2 Å². The van der Waals surface area contributed by atoms with Gasteiger partial charge in [-0.1, -0.05) is 19.3 Å². The van der Waals surface area contributed by atoms with Gasteiger partial charge in [0.15, 0.2) is 0 Å². The molecule has 1 N–H and O–H groups in total. The van der Waals surface area contributed by atoms with E-state index in [1.807, 2.05) is 6.20 Å². The van der Waals surface area contributed by atoms with Crippen molar-refractivity contribution in [2.75, 3.05) is 47.9 Å². The predicted octanol–water partition coefficient (Wildman–Crippen LogP) is 3.63. The van der Waals surface area contributed by atoms with E-state index in [0.717, 1.165) is 37.4 Å². The first-order valence-corrected chi connectivity index (χ1v) is 11.7. The van der Waals surface area contributed by atoms with Crippen LogP contribution in [-0.2, 0) is 0 Å². The minimum atomic E-state index is 0.475. The first-order valence-electron chi connectivity index (χ1n) is 10.5. The fourth-order valence-electron chi connectivity index (χ4n) is 4.51. The number of likely N-dealkylation sites (tertiary alicyclic amines) is 1. The zero-order valence-electron chi connectivity index (χ0n) is 15.9. The van der Waals surface area contributed by atoms with Crippen molar-refractivity contribution in [2.45, 2.75) is 63.5 Å². The number of hydrogen-bond donors (Lipinski definition) is 1. The van der Waals surface area contributed by atoms with Gasteiger partial charge in [0.2, 0.25) is 5.95 Å². The van der Waals surface area contributed by atoms with Crippen molar-refractivity contribution in [3.05, 3.63) is 12.3 Å². The Morgan fingerprint density at radius 1 is 1.00 bits per heavy atom. The van der Waals surface area contributed by atoms with Gasteiger partial charge in [0.25, 0.3) is 0 Å². The third kappa shape index (κ3) is 4.83. The molecule has 26 heavy (non-hydrogen) atoms. The van der Waals surface area contributed by atoms with Gasteiger partial charge in [-0.3, -0.25) is 4.90 Å². The van der Waals surface area contributed by atoms with Crippen LogP contribution in [0.3, 0.4) is 0 Å². The normalized spacial score (nSPS) is 28.5. The molecular formula is C20H33N5S. The third-order valence-electron chi connectivity index (χ3n) is 6.03. The lowest BCUT2D eigenvalue weighted by molar-refractivity contribution is 0.215. The Bertz CT molecular complexity index is 555. The summed E-state index contributed by atoms with van der Waals surface area (Å²) in [5.41, 5.74) is 0. The number of nitrogens with zero attached hydrogens (tertiary/aromatic N) is 4.